The Balaban J connectivity index is 2.70. The van der Waals surface area contributed by atoms with Gasteiger partial charge in [0.15, 0.2) is 11.5 Å². The smallest absolute Gasteiger partial charge is 0.163 e. The van der Waals surface area contributed by atoms with Gasteiger partial charge in [0, 0.05) is 24.7 Å². The molecule has 2 rings (SSSR count). The van der Waals surface area contributed by atoms with E-state index in [-0.39, 0.29) is 6.04 Å². The van der Waals surface area contributed by atoms with Crippen LogP contribution >= 0.6 is 0 Å². The van der Waals surface area contributed by atoms with Gasteiger partial charge in [-0.1, -0.05) is 0 Å². The number of nitrogens with zero attached hydrogens (tertiary/aromatic N) is 2. The molecule has 0 amide bonds. The molecule has 1 atom stereocenters. The number of nitrogens with two attached hydrogens (primary N) is 1. The maximum absolute atomic E-state index is 5.75. The Hall–Kier alpha value is -1.75. The summed E-state index contributed by atoms with van der Waals surface area (Å²) in [5.41, 5.74) is 7.66. The van der Waals surface area contributed by atoms with Crippen LogP contribution in [0.25, 0.3) is 11.0 Å². The zero-order valence-electron chi connectivity index (χ0n) is 11.2. The molecule has 0 radical (unpaired) electrons. The summed E-state index contributed by atoms with van der Waals surface area (Å²) in [6.07, 6.45) is 0. The van der Waals surface area contributed by atoms with E-state index in [9.17, 15) is 0 Å². The average Bonchev–Trinajstić information content (AvgIpc) is 2.71. The van der Waals surface area contributed by atoms with Crippen molar-refractivity contribution < 1.29 is 9.47 Å². The highest BCUT2D eigenvalue weighted by molar-refractivity contribution is 5.80. The molecule has 0 saturated carbocycles. The third-order valence-electron chi connectivity index (χ3n) is 3.15. The monoisotopic (exact) mass is 249 g/mol. The minimum absolute atomic E-state index is 0.202. The summed E-state index contributed by atoms with van der Waals surface area (Å²) in [5, 5.41) is 0. The summed E-state index contributed by atoms with van der Waals surface area (Å²) in [7, 11) is 3.25. The molecule has 2 aromatic rings. The lowest BCUT2D eigenvalue weighted by atomic mass is 10.2. The van der Waals surface area contributed by atoms with Crippen molar-refractivity contribution in [3.8, 4) is 11.5 Å². The quantitative estimate of drug-likeness (QED) is 0.898. The van der Waals surface area contributed by atoms with Crippen molar-refractivity contribution in [2.45, 2.75) is 19.9 Å². The molecular weight excluding hydrogens is 230 g/mol. The summed E-state index contributed by atoms with van der Waals surface area (Å²) >= 11 is 0. The van der Waals surface area contributed by atoms with Crippen LogP contribution in [0.1, 0.15) is 18.8 Å². The van der Waals surface area contributed by atoms with E-state index >= 15 is 0 Å². The first-order valence-corrected chi connectivity index (χ1v) is 5.93. The molecule has 1 unspecified atom stereocenters. The largest absolute Gasteiger partial charge is 0.493 e. The van der Waals surface area contributed by atoms with Gasteiger partial charge in [0.05, 0.1) is 25.3 Å². The zero-order chi connectivity index (χ0) is 13.3. The van der Waals surface area contributed by atoms with E-state index in [1.807, 2.05) is 19.1 Å². The maximum Gasteiger partial charge on any atom is 0.163 e. The summed E-state index contributed by atoms with van der Waals surface area (Å²) in [6, 6.07) is 4.04. The average molecular weight is 249 g/mol. The van der Waals surface area contributed by atoms with Crippen molar-refractivity contribution in [2.24, 2.45) is 5.73 Å². The lowest BCUT2D eigenvalue weighted by molar-refractivity contribution is 0.355. The fraction of sp³-hybridized carbons (Fsp3) is 0.462. The molecule has 98 valence electrons. The van der Waals surface area contributed by atoms with Crippen LogP contribution < -0.4 is 15.2 Å². The summed E-state index contributed by atoms with van der Waals surface area (Å²) in [4.78, 5) is 4.54. The van der Waals surface area contributed by atoms with Crippen LogP contribution in [0.4, 0.5) is 0 Å². The molecule has 1 aromatic heterocycles. The Morgan fingerprint density at radius 3 is 2.44 bits per heavy atom. The normalized spacial score (nSPS) is 12.7. The minimum Gasteiger partial charge on any atom is -0.493 e. The molecule has 2 N–H and O–H groups in total. The SMILES string of the molecule is COc1cc2nc(C)n(C(C)CN)c2cc1OC. The highest BCUT2D eigenvalue weighted by atomic mass is 16.5. The van der Waals surface area contributed by atoms with Gasteiger partial charge in [-0.15, -0.1) is 0 Å². The molecular formula is C13H19N3O2. The molecule has 5 nitrogen and oxygen atoms in total. The Morgan fingerprint density at radius 1 is 1.28 bits per heavy atom. The number of benzene rings is 1. The molecule has 0 aliphatic carbocycles. The van der Waals surface area contributed by atoms with Crippen LogP contribution in [0.2, 0.25) is 0 Å². The van der Waals surface area contributed by atoms with Crippen LogP contribution in [0.5, 0.6) is 11.5 Å². The molecule has 0 aliphatic heterocycles. The third-order valence-corrected chi connectivity index (χ3v) is 3.15. The van der Waals surface area contributed by atoms with Crippen LogP contribution in [-0.2, 0) is 0 Å². The summed E-state index contributed by atoms with van der Waals surface area (Å²) in [5.74, 6) is 2.34. The second kappa shape index (κ2) is 4.86. The van der Waals surface area contributed by atoms with Gasteiger partial charge in [0.1, 0.15) is 5.82 Å². The summed E-state index contributed by atoms with van der Waals surface area (Å²) in [6.45, 7) is 4.62. The highest BCUT2D eigenvalue weighted by Gasteiger charge is 2.15. The number of hydrogen-bond donors (Lipinski definition) is 1. The number of imidazole rings is 1. The van der Waals surface area contributed by atoms with E-state index in [1.165, 1.54) is 0 Å². The molecule has 0 fully saturated rings. The summed E-state index contributed by atoms with van der Waals surface area (Å²) < 4.78 is 12.7. The van der Waals surface area contributed by atoms with E-state index < -0.39 is 0 Å². The fourth-order valence-corrected chi connectivity index (χ4v) is 2.20. The molecule has 0 bridgehead atoms. The van der Waals surface area contributed by atoms with E-state index in [0.29, 0.717) is 18.0 Å². The van der Waals surface area contributed by atoms with Crippen LogP contribution in [0.3, 0.4) is 0 Å². The van der Waals surface area contributed by atoms with Crippen LogP contribution in [0, 0.1) is 6.92 Å². The van der Waals surface area contributed by atoms with Crippen LogP contribution in [0.15, 0.2) is 12.1 Å². The van der Waals surface area contributed by atoms with Gasteiger partial charge in [-0.2, -0.15) is 0 Å². The number of aryl methyl sites for hydroxylation is 1. The Kier molecular flexibility index (Phi) is 3.43. The predicted molar refractivity (Wildman–Crippen MR) is 71.3 cm³/mol. The van der Waals surface area contributed by atoms with Crippen molar-refractivity contribution in [1.29, 1.82) is 0 Å². The number of rotatable bonds is 4. The standard InChI is InChI=1S/C13H19N3O2/c1-8(7-14)16-9(2)15-10-5-12(17-3)13(18-4)6-11(10)16/h5-6,8H,7,14H2,1-4H3. The first kappa shape index (κ1) is 12.7. The number of ether oxygens (including phenoxy) is 2. The maximum atomic E-state index is 5.75. The minimum atomic E-state index is 0.202. The van der Waals surface area contributed by atoms with Gasteiger partial charge in [-0.25, -0.2) is 4.98 Å². The van der Waals surface area contributed by atoms with E-state index in [0.717, 1.165) is 16.9 Å². The van der Waals surface area contributed by atoms with E-state index in [2.05, 4.69) is 16.5 Å². The molecule has 0 spiro atoms. The first-order chi connectivity index (χ1) is 8.62. The topological polar surface area (TPSA) is 62.3 Å². The van der Waals surface area contributed by atoms with Crippen molar-refractivity contribution >= 4 is 11.0 Å². The second-order valence-corrected chi connectivity index (χ2v) is 4.31. The van der Waals surface area contributed by atoms with Crippen molar-refractivity contribution in [1.82, 2.24) is 9.55 Å². The van der Waals surface area contributed by atoms with Gasteiger partial charge in [-0.05, 0) is 13.8 Å². The number of hydrogen-bond acceptors (Lipinski definition) is 4. The number of aromatic nitrogens is 2. The van der Waals surface area contributed by atoms with E-state index in [1.54, 1.807) is 14.2 Å². The fourth-order valence-electron chi connectivity index (χ4n) is 2.20. The van der Waals surface area contributed by atoms with Crippen molar-refractivity contribution in [3.63, 3.8) is 0 Å². The molecule has 0 saturated heterocycles. The van der Waals surface area contributed by atoms with Gasteiger partial charge >= 0.3 is 0 Å². The molecule has 1 aromatic carbocycles. The lowest BCUT2D eigenvalue weighted by Crippen LogP contribution is -2.17. The highest BCUT2D eigenvalue weighted by Crippen LogP contribution is 2.33. The predicted octanol–water partition coefficient (Wildman–Crippen LogP) is 1.88. The Bertz CT molecular complexity index is 563. The Morgan fingerprint density at radius 2 is 1.89 bits per heavy atom. The number of methoxy groups -OCH3 is 2. The second-order valence-electron chi connectivity index (χ2n) is 4.31. The zero-order valence-corrected chi connectivity index (χ0v) is 11.2. The van der Waals surface area contributed by atoms with E-state index in [4.69, 9.17) is 15.2 Å². The number of fused-ring (bicyclic) bond motifs is 1. The molecule has 1 heterocycles. The van der Waals surface area contributed by atoms with Gasteiger partial charge in [0.2, 0.25) is 0 Å². The molecule has 0 aliphatic rings. The van der Waals surface area contributed by atoms with Crippen LogP contribution in [-0.4, -0.2) is 30.3 Å². The van der Waals surface area contributed by atoms with Crippen molar-refractivity contribution in [3.05, 3.63) is 18.0 Å². The van der Waals surface area contributed by atoms with Gasteiger partial charge < -0.3 is 19.8 Å². The lowest BCUT2D eigenvalue weighted by Gasteiger charge is -2.15. The molecule has 18 heavy (non-hydrogen) atoms. The first-order valence-electron chi connectivity index (χ1n) is 5.93. The van der Waals surface area contributed by atoms with Crippen molar-refractivity contribution in [2.75, 3.05) is 20.8 Å². The van der Waals surface area contributed by atoms with Gasteiger partial charge in [-0.3, -0.25) is 0 Å². The van der Waals surface area contributed by atoms with Gasteiger partial charge in [0.25, 0.3) is 0 Å². The third kappa shape index (κ3) is 1.90. The molecule has 5 heteroatoms. The Labute approximate surface area is 107 Å².